The van der Waals surface area contributed by atoms with Crippen LogP contribution in [0.2, 0.25) is 0 Å². The molecule has 2 rings (SSSR count). The van der Waals surface area contributed by atoms with Gasteiger partial charge in [0, 0.05) is 10.4 Å². The Balaban J connectivity index is 2.30. The smallest absolute Gasteiger partial charge is 0.377 e. The van der Waals surface area contributed by atoms with Crippen molar-refractivity contribution < 1.29 is 14.7 Å². The molecule has 0 amide bonds. The number of carboxylic acid groups (broad SMARTS) is 1. The monoisotopic (exact) mass is 232 g/mol. The molecule has 4 heteroatoms. The van der Waals surface area contributed by atoms with Crippen molar-refractivity contribution >= 4 is 23.1 Å². The van der Waals surface area contributed by atoms with E-state index in [1.807, 2.05) is 17.5 Å². The Morgan fingerprint density at radius 2 is 1.75 bits per heavy atom. The number of thiophene rings is 1. The lowest BCUT2D eigenvalue weighted by Gasteiger charge is -1.99. The third-order valence-corrected chi connectivity index (χ3v) is 3.07. The molecule has 0 saturated heterocycles. The van der Waals surface area contributed by atoms with Gasteiger partial charge >= 0.3 is 5.97 Å². The Hall–Kier alpha value is -1.94. The predicted octanol–water partition coefficient (Wildman–Crippen LogP) is 2.68. The molecule has 0 aliphatic rings. The predicted molar refractivity (Wildman–Crippen MR) is 61.7 cm³/mol. The first-order chi connectivity index (χ1) is 7.68. The number of rotatable bonds is 3. The highest BCUT2D eigenvalue weighted by Gasteiger charge is 2.13. The van der Waals surface area contributed by atoms with Crippen molar-refractivity contribution in [1.29, 1.82) is 0 Å². The summed E-state index contributed by atoms with van der Waals surface area (Å²) in [5.74, 6) is -2.30. The summed E-state index contributed by atoms with van der Waals surface area (Å²) in [4.78, 5) is 22.7. The van der Waals surface area contributed by atoms with Gasteiger partial charge in [-0.25, -0.2) is 4.79 Å². The highest BCUT2D eigenvalue weighted by molar-refractivity contribution is 7.13. The number of carboxylic acids is 1. The topological polar surface area (TPSA) is 54.4 Å². The van der Waals surface area contributed by atoms with Gasteiger partial charge in [-0.2, -0.15) is 0 Å². The van der Waals surface area contributed by atoms with Crippen LogP contribution in [0.4, 0.5) is 0 Å². The number of hydrogen-bond acceptors (Lipinski definition) is 3. The van der Waals surface area contributed by atoms with Gasteiger partial charge in [0.05, 0.1) is 0 Å². The molecule has 0 saturated carbocycles. The minimum atomic E-state index is -1.43. The Bertz CT molecular complexity index is 512. The number of hydrogen-bond donors (Lipinski definition) is 1. The molecular weight excluding hydrogens is 224 g/mol. The Morgan fingerprint density at radius 3 is 2.25 bits per heavy atom. The average Bonchev–Trinajstić information content (AvgIpc) is 2.81. The number of ketones is 1. The van der Waals surface area contributed by atoms with E-state index in [1.54, 1.807) is 23.5 Å². The van der Waals surface area contributed by atoms with Crippen LogP contribution in [0.15, 0.2) is 41.8 Å². The van der Waals surface area contributed by atoms with Crippen LogP contribution >= 0.6 is 11.3 Å². The molecule has 1 aromatic heterocycles. The third-order valence-electron chi connectivity index (χ3n) is 2.15. The second-order valence-corrected chi connectivity index (χ2v) is 4.14. The molecule has 0 fully saturated rings. The van der Waals surface area contributed by atoms with E-state index in [9.17, 15) is 9.59 Å². The summed E-state index contributed by atoms with van der Waals surface area (Å²) in [6.07, 6.45) is 0. The van der Waals surface area contributed by atoms with E-state index in [4.69, 9.17) is 5.11 Å². The molecule has 1 aromatic carbocycles. The van der Waals surface area contributed by atoms with E-state index >= 15 is 0 Å². The zero-order valence-electron chi connectivity index (χ0n) is 8.21. The molecule has 1 heterocycles. The van der Waals surface area contributed by atoms with Crippen molar-refractivity contribution in [3.8, 4) is 10.4 Å². The summed E-state index contributed by atoms with van der Waals surface area (Å²) in [5.41, 5.74) is 1.18. The number of carbonyl (C=O) groups excluding carboxylic acids is 1. The van der Waals surface area contributed by atoms with Gasteiger partial charge in [-0.15, -0.1) is 11.3 Å². The Morgan fingerprint density at radius 1 is 1.06 bits per heavy atom. The van der Waals surface area contributed by atoms with Gasteiger partial charge in [0.25, 0.3) is 5.78 Å². The first-order valence-electron chi connectivity index (χ1n) is 4.60. The number of aliphatic carboxylic acids is 1. The van der Waals surface area contributed by atoms with Crippen LogP contribution in [-0.2, 0) is 4.79 Å². The van der Waals surface area contributed by atoms with Crippen LogP contribution in [0.1, 0.15) is 10.4 Å². The molecule has 0 spiro atoms. The summed E-state index contributed by atoms with van der Waals surface area (Å²) < 4.78 is 0. The van der Waals surface area contributed by atoms with Gasteiger partial charge in [0.1, 0.15) is 0 Å². The van der Waals surface area contributed by atoms with Gasteiger partial charge in [-0.1, -0.05) is 30.3 Å². The lowest BCUT2D eigenvalue weighted by atomic mass is 10.1. The molecule has 0 bridgehead atoms. The van der Waals surface area contributed by atoms with Crippen molar-refractivity contribution in [2.45, 2.75) is 0 Å². The van der Waals surface area contributed by atoms with Crippen molar-refractivity contribution in [1.82, 2.24) is 0 Å². The normalized spacial score (nSPS) is 10.0. The maximum atomic E-state index is 11.1. The maximum Gasteiger partial charge on any atom is 0.377 e. The second kappa shape index (κ2) is 4.28. The quantitative estimate of drug-likeness (QED) is 0.653. The van der Waals surface area contributed by atoms with E-state index < -0.39 is 11.8 Å². The van der Waals surface area contributed by atoms with E-state index in [-0.39, 0.29) is 5.56 Å². The maximum absolute atomic E-state index is 11.1. The highest BCUT2D eigenvalue weighted by Crippen LogP contribution is 2.24. The lowest BCUT2D eigenvalue weighted by Crippen LogP contribution is -2.12. The molecule has 80 valence electrons. The largest absolute Gasteiger partial charge is 0.475 e. The average molecular weight is 232 g/mol. The summed E-state index contributed by atoms with van der Waals surface area (Å²) in [5, 5.41) is 10.5. The molecular formula is C12H8O3S. The van der Waals surface area contributed by atoms with Crippen molar-refractivity contribution in [3.63, 3.8) is 0 Å². The van der Waals surface area contributed by atoms with Gasteiger partial charge in [0.15, 0.2) is 0 Å². The highest BCUT2D eigenvalue weighted by atomic mass is 32.1. The van der Waals surface area contributed by atoms with Gasteiger partial charge in [-0.3, -0.25) is 4.79 Å². The van der Waals surface area contributed by atoms with Crippen LogP contribution in [0.3, 0.4) is 0 Å². The van der Waals surface area contributed by atoms with Crippen LogP contribution in [-0.4, -0.2) is 16.9 Å². The molecule has 1 N–H and O–H groups in total. The molecule has 16 heavy (non-hydrogen) atoms. The minimum absolute atomic E-state index is 0.202. The zero-order valence-corrected chi connectivity index (χ0v) is 9.03. The van der Waals surface area contributed by atoms with Crippen molar-refractivity contribution in [2.75, 3.05) is 0 Å². The van der Waals surface area contributed by atoms with E-state index in [0.29, 0.717) is 0 Å². The fraction of sp³-hybridized carbons (Fsp3) is 0. The summed E-state index contributed by atoms with van der Waals surface area (Å²) >= 11 is 1.60. The molecule has 3 nitrogen and oxygen atoms in total. The number of Topliss-reactive ketones (excluding diaryl/α,β-unsaturated/α-hetero) is 1. The van der Waals surface area contributed by atoms with Crippen LogP contribution in [0.5, 0.6) is 0 Å². The molecule has 0 unspecified atom stereocenters. The summed E-state index contributed by atoms with van der Waals surface area (Å²) in [6.45, 7) is 0. The van der Waals surface area contributed by atoms with Gasteiger partial charge < -0.3 is 5.11 Å². The first-order valence-corrected chi connectivity index (χ1v) is 5.48. The minimum Gasteiger partial charge on any atom is -0.475 e. The lowest BCUT2D eigenvalue weighted by molar-refractivity contribution is -0.131. The van der Waals surface area contributed by atoms with Gasteiger partial charge in [0.2, 0.25) is 0 Å². The molecule has 0 atom stereocenters. The van der Waals surface area contributed by atoms with Crippen LogP contribution in [0, 0.1) is 0 Å². The summed E-state index contributed by atoms with van der Waals surface area (Å²) in [6, 6.07) is 10.5. The zero-order chi connectivity index (χ0) is 11.5. The Kier molecular flexibility index (Phi) is 2.83. The SMILES string of the molecule is O=C(O)C(=O)c1ccc(-c2cccs2)cc1. The fourth-order valence-electron chi connectivity index (χ4n) is 1.35. The fourth-order valence-corrected chi connectivity index (χ4v) is 2.09. The number of benzene rings is 1. The standard InChI is InChI=1S/C12H8O3S/c13-11(12(14)15)9-5-3-8(4-6-9)10-2-1-7-16-10/h1-7H,(H,14,15). The van der Waals surface area contributed by atoms with E-state index in [2.05, 4.69) is 0 Å². The molecule has 0 aliphatic heterocycles. The van der Waals surface area contributed by atoms with E-state index in [1.165, 1.54) is 12.1 Å². The first kappa shape index (κ1) is 10.6. The van der Waals surface area contributed by atoms with E-state index in [0.717, 1.165) is 10.4 Å². The second-order valence-electron chi connectivity index (χ2n) is 3.19. The summed E-state index contributed by atoms with van der Waals surface area (Å²) in [7, 11) is 0. The molecule has 2 aromatic rings. The van der Waals surface area contributed by atoms with Gasteiger partial charge in [-0.05, 0) is 17.0 Å². The molecule has 0 aliphatic carbocycles. The van der Waals surface area contributed by atoms with Crippen LogP contribution in [0.25, 0.3) is 10.4 Å². The molecule has 0 radical (unpaired) electrons. The van der Waals surface area contributed by atoms with Crippen LogP contribution < -0.4 is 0 Å². The number of carbonyl (C=O) groups is 2. The van der Waals surface area contributed by atoms with Crippen molar-refractivity contribution in [2.24, 2.45) is 0 Å². The Labute approximate surface area is 96.0 Å². The van der Waals surface area contributed by atoms with Crippen molar-refractivity contribution in [3.05, 3.63) is 47.3 Å². The third kappa shape index (κ3) is 2.01.